The van der Waals surface area contributed by atoms with E-state index < -0.39 is 5.82 Å². The Kier molecular flexibility index (Phi) is 7.02. The first-order valence-electron chi connectivity index (χ1n) is 5.43. The van der Waals surface area contributed by atoms with Gasteiger partial charge in [-0.15, -0.1) is 0 Å². The molecule has 0 fully saturated rings. The van der Waals surface area contributed by atoms with Crippen molar-refractivity contribution in [1.82, 2.24) is 0 Å². The molecule has 106 valence electrons. The molecule has 21 heavy (non-hydrogen) atoms. The van der Waals surface area contributed by atoms with E-state index in [1.807, 2.05) is 0 Å². The van der Waals surface area contributed by atoms with Gasteiger partial charge in [0.2, 0.25) is 12.2 Å². The van der Waals surface area contributed by atoms with E-state index in [0.29, 0.717) is 15.7 Å². The van der Waals surface area contributed by atoms with Crippen molar-refractivity contribution in [2.75, 3.05) is 0 Å². The zero-order chi connectivity index (χ0) is 15.7. The Morgan fingerprint density at radius 1 is 0.905 bits per heavy atom. The van der Waals surface area contributed by atoms with Crippen LogP contribution in [0.5, 0.6) is 0 Å². The summed E-state index contributed by atoms with van der Waals surface area (Å²) in [5.41, 5.74) is 0.440. The summed E-state index contributed by atoms with van der Waals surface area (Å²) in [7, 11) is 0. The van der Waals surface area contributed by atoms with Crippen LogP contribution in [0.2, 0.25) is 10.0 Å². The Morgan fingerprint density at radius 3 is 2.00 bits per heavy atom. The number of carbonyl (C=O) groups excluding carboxylic acids is 2. The number of hydrogen-bond acceptors (Lipinski definition) is 4. The number of halogens is 3. The van der Waals surface area contributed by atoms with E-state index in [9.17, 15) is 14.0 Å². The second-order valence-electron chi connectivity index (χ2n) is 3.49. The van der Waals surface area contributed by atoms with Gasteiger partial charge < -0.3 is 0 Å². The van der Waals surface area contributed by atoms with Gasteiger partial charge in [-0.25, -0.2) is 14.0 Å². The van der Waals surface area contributed by atoms with Crippen LogP contribution in [-0.4, -0.2) is 12.2 Å². The molecule has 2 aromatic carbocycles. The summed E-state index contributed by atoms with van der Waals surface area (Å²) in [6.45, 7) is 0. The molecule has 0 unspecified atom stereocenters. The van der Waals surface area contributed by atoms with Crippen molar-refractivity contribution in [3.63, 3.8) is 0 Å². The van der Waals surface area contributed by atoms with Crippen molar-refractivity contribution in [3.05, 3.63) is 58.3 Å². The highest BCUT2D eigenvalue weighted by Crippen LogP contribution is 2.23. The third-order valence-electron chi connectivity index (χ3n) is 2.04. The molecule has 7 heteroatoms. The van der Waals surface area contributed by atoms with Gasteiger partial charge in [0, 0.05) is 10.0 Å². The average molecular weight is 325 g/mol. The van der Waals surface area contributed by atoms with Crippen LogP contribution in [-0.2, 0) is 9.59 Å². The molecule has 0 radical (unpaired) electrons. The molecule has 2 rings (SSSR count). The molecule has 0 N–H and O–H groups in total. The van der Waals surface area contributed by atoms with Gasteiger partial charge in [-0.3, -0.25) is 0 Å². The number of isocyanates is 2. The van der Waals surface area contributed by atoms with Gasteiger partial charge in [0.05, 0.1) is 5.69 Å². The molecule has 0 saturated carbocycles. The zero-order valence-electron chi connectivity index (χ0n) is 10.4. The Balaban J connectivity index is 0.000000211. The topological polar surface area (TPSA) is 58.9 Å². The van der Waals surface area contributed by atoms with Gasteiger partial charge in [-0.1, -0.05) is 35.3 Å². The highest BCUT2D eigenvalue weighted by atomic mass is 35.5. The maximum Gasteiger partial charge on any atom is 0.240 e. The molecule has 0 aromatic heterocycles. The predicted octanol–water partition coefficient (Wildman–Crippen LogP) is 4.75. The van der Waals surface area contributed by atoms with Crippen LogP contribution in [0, 0.1) is 5.82 Å². The first-order chi connectivity index (χ1) is 10.1. The van der Waals surface area contributed by atoms with Crippen LogP contribution in [0.25, 0.3) is 0 Å². The summed E-state index contributed by atoms with van der Waals surface area (Å²) in [5.74, 6) is -0.508. The molecule has 0 amide bonds. The lowest BCUT2D eigenvalue weighted by molar-refractivity contribution is 0.564. The fourth-order valence-electron chi connectivity index (χ4n) is 1.25. The van der Waals surface area contributed by atoms with E-state index in [1.165, 1.54) is 42.5 Å². The average Bonchev–Trinajstić information content (AvgIpc) is 2.42. The van der Waals surface area contributed by atoms with Crippen LogP contribution in [0.3, 0.4) is 0 Å². The van der Waals surface area contributed by atoms with Crippen LogP contribution in [0.15, 0.2) is 52.4 Å². The van der Waals surface area contributed by atoms with Crippen LogP contribution in [0.1, 0.15) is 0 Å². The lowest BCUT2D eigenvalue weighted by Gasteiger charge is -1.93. The Hall–Kier alpha value is -2.29. The smallest absolute Gasteiger partial charge is 0.211 e. The Morgan fingerprint density at radius 2 is 1.48 bits per heavy atom. The van der Waals surface area contributed by atoms with Crippen molar-refractivity contribution in [2.24, 2.45) is 9.98 Å². The molecule has 0 aliphatic rings. The summed E-state index contributed by atoms with van der Waals surface area (Å²) in [6, 6.07) is 10.4. The number of nitrogens with zero attached hydrogens (tertiary/aromatic N) is 2. The minimum atomic E-state index is -0.508. The van der Waals surface area contributed by atoms with Crippen molar-refractivity contribution in [1.29, 1.82) is 0 Å². The SMILES string of the molecule is O=C=Nc1cc(Cl)cc(Cl)c1.O=C=Nc1ccccc1F. The first kappa shape index (κ1) is 16.8. The second-order valence-corrected chi connectivity index (χ2v) is 4.36. The molecule has 4 nitrogen and oxygen atoms in total. The molecular weight excluding hydrogens is 318 g/mol. The van der Waals surface area contributed by atoms with Crippen LogP contribution in [0.4, 0.5) is 15.8 Å². The molecule has 0 aliphatic carbocycles. The predicted molar refractivity (Wildman–Crippen MR) is 78.4 cm³/mol. The number of hydrogen-bond donors (Lipinski definition) is 0. The van der Waals surface area contributed by atoms with Crippen LogP contribution >= 0.6 is 23.2 Å². The Labute approximate surface area is 129 Å². The summed E-state index contributed by atoms with van der Waals surface area (Å²) in [5, 5.41) is 0.901. The van der Waals surface area contributed by atoms with E-state index in [2.05, 4.69) is 9.98 Å². The summed E-state index contributed by atoms with van der Waals surface area (Å²) < 4.78 is 12.5. The number of aliphatic imine (C=N–C) groups is 2. The van der Waals surface area contributed by atoms with Crippen molar-refractivity contribution in [3.8, 4) is 0 Å². The minimum Gasteiger partial charge on any atom is -0.211 e. The first-order valence-corrected chi connectivity index (χ1v) is 6.18. The summed E-state index contributed by atoms with van der Waals surface area (Å²) >= 11 is 11.2. The highest BCUT2D eigenvalue weighted by Gasteiger charge is 1.95. The molecule has 0 saturated heterocycles. The third-order valence-corrected chi connectivity index (χ3v) is 2.48. The molecule has 0 aliphatic heterocycles. The zero-order valence-corrected chi connectivity index (χ0v) is 11.9. The molecule has 0 atom stereocenters. The van der Waals surface area contributed by atoms with E-state index in [0.717, 1.165) is 0 Å². The van der Waals surface area contributed by atoms with Gasteiger partial charge in [0.15, 0.2) is 0 Å². The van der Waals surface area contributed by atoms with Gasteiger partial charge in [-0.05, 0) is 30.3 Å². The van der Waals surface area contributed by atoms with Crippen molar-refractivity contribution < 1.29 is 14.0 Å². The number of benzene rings is 2. The summed E-state index contributed by atoms with van der Waals surface area (Å²) in [4.78, 5) is 26.0. The normalized spacial score (nSPS) is 8.71. The van der Waals surface area contributed by atoms with Gasteiger partial charge in [0.25, 0.3) is 0 Å². The maximum atomic E-state index is 12.5. The molecule has 0 heterocycles. The minimum absolute atomic E-state index is 0.0255. The van der Waals surface area contributed by atoms with Gasteiger partial charge in [-0.2, -0.15) is 9.98 Å². The van der Waals surface area contributed by atoms with Crippen molar-refractivity contribution in [2.45, 2.75) is 0 Å². The molecule has 0 bridgehead atoms. The number of para-hydroxylation sites is 1. The maximum absolute atomic E-state index is 12.5. The number of rotatable bonds is 2. The van der Waals surface area contributed by atoms with E-state index in [4.69, 9.17) is 23.2 Å². The van der Waals surface area contributed by atoms with E-state index in [1.54, 1.807) is 12.1 Å². The van der Waals surface area contributed by atoms with E-state index >= 15 is 0 Å². The van der Waals surface area contributed by atoms with Gasteiger partial charge >= 0.3 is 0 Å². The fraction of sp³-hybridized carbons (Fsp3) is 0. The standard InChI is InChI=1S/C7H3Cl2NO.C7H4FNO/c8-5-1-6(9)3-7(2-5)10-4-11;8-6-3-1-2-4-7(6)9-5-10/h1-3H;1-4H. The van der Waals surface area contributed by atoms with Crippen molar-refractivity contribution >= 4 is 46.7 Å². The highest BCUT2D eigenvalue weighted by molar-refractivity contribution is 6.35. The third kappa shape index (κ3) is 6.13. The molecule has 0 spiro atoms. The van der Waals surface area contributed by atoms with Crippen LogP contribution < -0.4 is 0 Å². The second kappa shape index (κ2) is 8.80. The van der Waals surface area contributed by atoms with Gasteiger partial charge in [0.1, 0.15) is 11.5 Å². The lowest BCUT2D eigenvalue weighted by atomic mass is 10.3. The lowest BCUT2D eigenvalue weighted by Crippen LogP contribution is -1.71. The molecular formula is C14H7Cl2FN2O2. The Bertz CT molecular complexity index is 704. The fourth-order valence-corrected chi connectivity index (χ4v) is 1.76. The monoisotopic (exact) mass is 324 g/mol. The quantitative estimate of drug-likeness (QED) is 0.591. The largest absolute Gasteiger partial charge is 0.240 e. The van der Waals surface area contributed by atoms with E-state index in [-0.39, 0.29) is 5.69 Å². The summed E-state index contributed by atoms with van der Waals surface area (Å²) in [6.07, 6.45) is 2.66. The molecule has 2 aromatic rings.